The Labute approximate surface area is 389 Å². The molecule has 0 unspecified atom stereocenters. The summed E-state index contributed by atoms with van der Waals surface area (Å²) in [5, 5.41) is 5.61. The summed E-state index contributed by atoms with van der Waals surface area (Å²) in [6.07, 6.45) is 12.8. The number of fused-ring (bicyclic) bond motifs is 2. The van der Waals surface area contributed by atoms with Crippen LogP contribution in [0.3, 0.4) is 0 Å². The number of anilines is 2. The predicted molar refractivity (Wildman–Crippen MR) is 265 cm³/mol. The molecule has 12 heteroatoms. The molecule has 2 N–H and O–H groups in total. The normalized spacial score (nSPS) is 15.3. The fraction of sp³-hybridized carbons (Fsp3) is 0.423. The maximum absolute atomic E-state index is 11.6. The molecule has 0 radical (unpaired) electrons. The van der Waals surface area contributed by atoms with E-state index in [4.69, 9.17) is 28.3 Å². The molecular weight excluding hydrogens is 871 g/mol. The van der Waals surface area contributed by atoms with Crippen molar-refractivity contribution >= 4 is 64.0 Å². The van der Waals surface area contributed by atoms with Crippen LogP contribution in [0.5, 0.6) is 23.0 Å². The summed E-state index contributed by atoms with van der Waals surface area (Å²) >= 11 is 3.32. The Kier molecular flexibility index (Phi) is 18.1. The van der Waals surface area contributed by atoms with E-state index in [1.54, 1.807) is 20.3 Å². The largest absolute Gasteiger partial charge is 0.497 e. The Balaban J connectivity index is 0.000000191. The smallest absolute Gasteiger partial charge is 0.490 e. The highest BCUT2D eigenvalue weighted by atomic mass is 79.9. The first-order valence-corrected chi connectivity index (χ1v) is 23.2. The van der Waals surface area contributed by atoms with Crippen LogP contribution < -0.4 is 29.6 Å². The van der Waals surface area contributed by atoms with Gasteiger partial charge in [-0.05, 0) is 164 Å². The lowest BCUT2D eigenvalue weighted by Crippen LogP contribution is -2.41. The molecule has 7 rings (SSSR count). The molecule has 2 aliphatic carbocycles. The molecule has 0 spiro atoms. The zero-order valence-corrected chi connectivity index (χ0v) is 41.0. The van der Waals surface area contributed by atoms with Gasteiger partial charge in [0.1, 0.15) is 23.0 Å². The van der Waals surface area contributed by atoms with Crippen molar-refractivity contribution in [1.82, 2.24) is 0 Å². The highest BCUT2D eigenvalue weighted by Gasteiger charge is 2.52. The number of aryl methyl sites for hydroxylation is 2. The van der Waals surface area contributed by atoms with Gasteiger partial charge in [-0.15, -0.1) is 0 Å². The highest BCUT2D eigenvalue weighted by Crippen LogP contribution is 2.41. The molecule has 4 aromatic rings. The van der Waals surface area contributed by atoms with Crippen molar-refractivity contribution in [2.75, 3.05) is 38.1 Å². The molecule has 0 bridgehead atoms. The minimum Gasteiger partial charge on any atom is -0.497 e. The second kappa shape index (κ2) is 23.2. The second-order valence-corrected chi connectivity index (χ2v) is 18.1. The third-order valence-electron chi connectivity index (χ3n) is 11.7. The summed E-state index contributed by atoms with van der Waals surface area (Å²) in [4.78, 5) is 22.4. The summed E-state index contributed by atoms with van der Waals surface area (Å²) in [5.41, 5.74) is 9.56. The van der Waals surface area contributed by atoms with E-state index in [0.717, 1.165) is 97.6 Å². The lowest BCUT2D eigenvalue weighted by molar-refractivity contribution is -0.115. The second-order valence-electron chi connectivity index (χ2n) is 17.2. The van der Waals surface area contributed by atoms with Gasteiger partial charge in [0.15, 0.2) is 0 Å². The van der Waals surface area contributed by atoms with Crippen molar-refractivity contribution in [2.45, 2.75) is 118 Å². The maximum Gasteiger partial charge on any atom is 0.490 e. The standard InChI is InChI=1S/C23H27NO3.C20H29BO3.C9H10BrNO2/c1-4-5-12-27-21-9-8-17-13-19(7-6-18(17)14-21)22-11-10-20(26-3)15-23(22)24-16(2)25;1-6-7-12-22-18-11-9-15-13-17(10-8-16(15)14-18)21-23-19(2,3)20(4,5)24-21;1-6(12)11-9-5-7(13-2)3-4-8(9)10/h8-11,13-15H,4-7,12H2,1-3H3,(H,24,25);9,11,13-14H,6-8,10,12H2,1-5H3;3-5H,1-2H3,(H,11,12). The van der Waals surface area contributed by atoms with Gasteiger partial charge in [0, 0.05) is 36.0 Å². The van der Waals surface area contributed by atoms with Crippen molar-refractivity contribution in [1.29, 1.82) is 0 Å². The van der Waals surface area contributed by atoms with Crippen LogP contribution in [-0.4, -0.2) is 57.6 Å². The van der Waals surface area contributed by atoms with Crippen LogP contribution >= 0.6 is 15.9 Å². The van der Waals surface area contributed by atoms with E-state index in [9.17, 15) is 9.59 Å². The van der Waals surface area contributed by atoms with Gasteiger partial charge in [0.2, 0.25) is 11.8 Å². The topological polar surface area (TPSA) is 114 Å². The molecule has 64 heavy (non-hydrogen) atoms. The third-order valence-corrected chi connectivity index (χ3v) is 12.4. The summed E-state index contributed by atoms with van der Waals surface area (Å²) < 4.78 is 35.2. The number of halogens is 1. The minimum atomic E-state index is -0.282. The number of allylic oxidation sites excluding steroid dienone is 2. The van der Waals surface area contributed by atoms with E-state index in [-0.39, 0.29) is 30.1 Å². The van der Waals surface area contributed by atoms with Crippen LogP contribution in [0.4, 0.5) is 11.4 Å². The molecule has 1 fully saturated rings. The van der Waals surface area contributed by atoms with Crippen molar-refractivity contribution in [3.8, 4) is 23.0 Å². The average molecular weight is 938 g/mol. The molecule has 1 saturated heterocycles. The number of hydrogen-bond acceptors (Lipinski definition) is 8. The van der Waals surface area contributed by atoms with Gasteiger partial charge in [-0.25, -0.2) is 0 Å². The van der Waals surface area contributed by atoms with Gasteiger partial charge < -0.3 is 38.9 Å². The van der Waals surface area contributed by atoms with E-state index in [0.29, 0.717) is 11.4 Å². The zero-order chi connectivity index (χ0) is 46.4. The number of hydrogen-bond donors (Lipinski definition) is 2. The Morgan fingerprint density at radius 1 is 0.641 bits per heavy atom. The molecule has 0 aromatic heterocycles. The van der Waals surface area contributed by atoms with E-state index in [1.807, 2.05) is 36.4 Å². The first-order chi connectivity index (χ1) is 30.6. The molecular formula is C52H66BBrN2O8. The number of carbonyl (C=O) groups is 2. The Morgan fingerprint density at radius 2 is 1.12 bits per heavy atom. The number of benzene rings is 4. The number of amides is 2. The van der Waals surface area contributed by atoms with E-state index >= 15 is 0 Å². The molecule has 2 amide bonds. The van der Waals surface area contributed by atoms with Gasteiger partial charge in [-0.1, -0.05) is 51.0 Å². The van der Waals surface area contributed by atoms with Crippen molar-refractivity contribution < 1.29 is 37.8 Å². The van der Waals surface area contributed by atoms with Crippen molar-refractivity contribution in [3.63, 3.8) is 0 Å². The Bertz CT molecular complexity index is 2290. The van der Waals surface area contributed by atoms with E-state index in [1.165, 1.54) is 47.1 Å². The lowest BCUT2D eigenvalue weighted by atomic mass is 9.71. The molecule has 1 aliphatic heterocycles. The molecule has 4 aromatic carbocycles. The third kappa shape index (κ3) is 13.7. The van der Waals surface area contributed by atoms with E-state index in [2.05, 4.69) is 111 Å². The molecule has 3 aliphatic rings. The lowest BCUT2D eigenvalue weighted by Gasteiger charge is -2.32. The van der Waals surface area contributed by atoms with Gasteiger partial charge in [0.05, 0.1) is 50.0 Å². The van der Waals surface area contributed by atoms with Crippen LogP contribution in [0.15, 0.2) is 82.7 Å². The fourth-order valence-electron chi connectivity index (χ4n) is 7.34. The Hall–Kier alpha value is -5.04. The molecule has 1 heterocycles. The van der Waals surface area contributed by atoms with Crippen LogP contribution in [0.25, 0.3) is 17.7 Å². The molecule has 0 saturated carbocycles. The van der Waals surface area contributed by atoms with Crippen LogP contribution in [0.1, 0.15) is 122 Å². The quantitative estimate of drug-likeness (QED) is 0.0949. The Morgan fingerprint density at radius 3 is 1.66 bits per heavy atom. The number of ether oxygens (including phenoxy) is 4. The highest BCUT2D eigenvalue weighted by molar-refractivity contribution is 9.10. The van der Waals surface area contributed by atoms with Gasteiger partial charge in [0.25, 0.3) is 0 Å². The van der Waals surface area contributed by atoms with Crippen LogP contribution in [-0.2, 0) is 31.7 Å². The van der Waals surface area contributed by atoms with Gasteiger partial charge >= 0.3 is 7.12 Å². The molecule has 342 valence electrons. The zero-order valence-electron chi connectivity index (χ0n) is 39.4. The van der Waals surface area contributed by atoms with Crippen LogP contribution in [0, 0.1) is 0 Å². The average Bonchev–Trinajstić information content (AvgIpc) is 3.49. The summed E-state index contributed by atoms with van der Waals surface area (Å²) in [5.74, 6) is 3.18. The first-order valence-electron chi connectivity index (χ1n) is 22.4. The fourth-order valence-corrected chi connectivity index (χ4v) is 7.69. The SMILES string of the molecule is CCCCOc1ccc2c(c1)CCC(B1OC(C)(C)C(C)(C)O1)=C2.CCCCOc1ccc2c(c1)CCC(c1ccc(OC)cc1NC(C)=O)=C2.COc1ccc(Br)c(NC(C)=O)c1. The summed E-state index contributed by atoms with van der Waals surface area (Å²) in [7, 11) is 2.98. The van der Waals surface area contributed by atoms with Crippen LogP contribution in [0.2, 0.25) is 0 Å². The number of unbranched alkanes of at least 4 members (excludes halogenated alkanes) is 2. The number of nitrogens with one attached hydrogen (secondary N) is 2. The maximum atomic E-state index is 11.6. The minimum absolute atomic E-state index is 0.0878. The monoisotopic (exact) mass is 936 g/mol. The van der Waals surface area contributed by atoms with Crippen molar-refractivity contribution in [3.05, 3.63) is 111 Å². The van der Waals surface area contributed by atoms with Crippen molar-refractivity contribution in [2.24, 2.45) is 0 Å². The van der Waals surface area contributed by atoms with E-state index < -0.39 is 0 Å². The first kappa shape index (κ1) is 50.0. The predicted octanol–water partition coefficient (Wildman–Crippen LogP) is 12.6. The number of rotatable bonds is 14. The van der Waals surface area contributed by atoms with Gasteiger partial charge in [-0.3, -0.25) is 9.59 Å². The summed E-state index contributed by atoms with van der Waals surface area (Å²) in [6, 6.07) is 23.9. The van der Waals surface area contributed by atoms with Gasteiger partial charge in [-0.2, -0.15) is 0 Å². The molecule has 10 nitrogen and oxygen atoms in total. The summed E-state index contributed by atoms with van der Waals surface area (Å²) in [6.45, 7) is 17.3. The number of carbonyl (C=O) groups excluding carboxylic acids is 2. The molecule has 0 atom stereocenters. The number of methoxy groups -OCH3 is 2.